The molecule has 1 N–H and O–H groups in total. The minimum absolute atomic E-state index is 0.0650. The van der Waals surface area contributed by atoms with Crippen LogP contribution >= 0.6 is 8.69 Å². The van der Waals surface area contributed by atoms with Crippen molar-refractivity contribution in [2.45, 2.75) is 12.8 Å². The predicted molar refractivity (Wildman–Crippen MR) is 30.4 cm³/mol. The van der Waals surface area contributed by atoms with Gasteiger partial charge in [0.1, 0.15) is 0 Å². The number of hydrogen-bond donors (Lipinski definition) is 1. The molecule has 0 saturated heterocycles. The quantitative estimate of drug-likeness (QED) is 0.470. The Labute approximate surface area is 54.1 Å². The van der Waals surface area contributed by atoms with Crippen LogP contribution in [0.4, 0.5) is 0 Å². The van der Waals surface area contributed by atoms with Crippen LogP contribution in [0.5, 0.6) is 0 Å². The van der Waals surface area contributed by atoms with Gasteiger partial charge in [0.2, 0.25) is 0 Å². The van der Waals surface area contributed by atoms with E-state index in [1.807, 2.05) is 0 Å². The molecule has 0 amide bonds. The molecule has 5 heteroatoms. The lowest BCUT2D eigenvalue weighted by Gasteiger charge is -1.89. The van der Waals surface area contributed by atoms with E-state index in [-0.39, 0.29) is 21.7 Å². The van der Waals surface area contributed by atoms with Crippen LogP contribution < -0.4 is 0 Å². The molecule has 0 aliphatic carbocycles. The minimum atomic E-state index is -0.860. The van der Waals surface area contributed by atoms with Crippen molar-refractivity contribution in [1.82, 2.24) is 0 Å². The molecular weight excluding hydrogens is 143 g/mol. The van der Waals surface area contributed by atoms with Gasteiger partial charge in [0.25, 0.3) is 0 Å². The van der Waals surface area contributed by atoms with Gasteiger partial charge in [-0.25, -0.2) is 4.57 Å². The summed E-state index contributed by atoms with van der Waals surface area (Å²) in [5, 5.41) is 8.08. The van der Waals surface area contributed by atoms with E-state index in [1.165, 1.54) is 0 Å². The van der Waals surface area contributed by atoms with Gasteiger partial charge < -0.3 is 5.11 Å². The SMILES string of the molecule is O=POCCCC(=O)O. The number of aliphatic carboxylic acids is 1. The van der Waals surface area contributed by atoms with Gasteiger partial charge in [0.15, 0.2) is 0 Å². The van der Waals surface area contributed by atoms with Crippen molar-refractivity contribution in [3.8, 4) is 0 Å². The lowest BCUT2D eigenvalue weighted by atomic mass is 10.3. The molecule has 0 heterocycles. The Hall–Kier alpha value is -0.470. The average Bonchev–Trinajstić information content (AvgIpc) is 1.80. The monoisotopic (exact) mass is 150 g/mol. The first-order valence-corrected chi connectivity index (χ1v) is 3.17. The van der Waals surface area contributed by atoms with Gasteiger partial charge in [-0.1, -0.05) is 0 Å². The van der Waals surface area contributed by atoms with Crippen LogP contribution in [0.25, 0.3) is 0 Å². The van der Waals surface area contributed by atoms with Gasteiger partial charge in [-0.05, 0) is 6.42 Å². The Bertz CT molecular complexity index is 103. The Morgan fingerprint density at radius 3 is 2.78 bits per heavy atom. The van der Waals surface area contributed by atoms with E-state index in [0.29, 0.717) is 6.42 Å². The molecule has 0 spiro atoms. The van der Waals surface area contributed by atoms with Gasteiger partial charge in [0, 0.05) is 6.42 Å². The van der Waals surface area contributed by atoms with Crippen molar-refractivity contribution in [2.75, 3.05) is 6.61 Å². The zero-order valence-electron chi connectivity index (χ0n) is 4.74. The van der Waals surface area contributed by atoms with Crippen LogP contribution in [0.3, 0.4) is 0 Å². The molecular formula is C4H7O4P. The smallest absolute Gasteiger partial charge is 0.327 e. The Balaban J connectivity index is 2.91. The van der Waals surface area contributed by atoms with Crippen molar-refractivity contribution < 1.29 is 19.0 Å². The van der Waals surface area contributed by atoms with Crippen molar-refractivity contribution in [2.24, 2.45) is 0 Å². The highest BCUT2D eigenvalue weighted by molar-refractivity contribution is 7.17. The summed E-state index contributed by atoms with van der Waals surface area (Å²) in [6.45, 7) is 0.233. The van der Waals surface area contributed by atoms with E-state index in [9.17, 15) is 9.36 Å². The van der Waals surface area contributed by atoms with Crippen LogP contribution in [-0.2, 0) is 13.9 Å². The van der Waals surface area contributed by atoms with E-state index >= 15 is 0 Å². The van der Waals surface area contributed by atoms with Gasteiger partial charge in [-0.2, -0.15) is 0 Å². The topological polar surface area (TPSA) is 63.6 Å². The lowest BCUT2D eigenvalue weighted by Crippen LogP contribution is -1.95. The first-order valence-electron chi connectivity index (χ1n) is 2.44. The summed E-state index contributed by atoms with van der Waals surface area (Å²) in [5.74, 6) is -0.860. The molecule has 0 atom stereocenters. The second-order valence-corrected chi connectivity index (χ2v) is 1.81. The van der Waals surface area contributed by atoms with Crippen molar-refractivity contribution in [3.63, 3.8) is 0 Å². The normalized spacial score (nSPS) is 9.78. The van der Waals surface area contributed by atoms with Gasteiger partial charge in [0.05, 0.1) is 6.61 Å². The first kappa shape index (κ1) is 8.53. The summed E-state index contributed by atoms with van der Waals surface area (Å²) in [6.07, 6.45) is 0.472. The molecule has 4 nitrogen and oxygen atoms in total. The molecule has 0 bridgehead atoms. The summed E-state index contributed by atoms with van der Waals surface area (Å²) in [5.41, 5.74) is 0. The number of hydrogen-bond acceptors (Lipinski definition) is 3. The second-order valence-electron chi connectivity index (χ2n) is 1.41. The summed E-state index contributed by atoms with van der Waals surface area (Å²) in [4.78, 5) is 9.83. The van der Waals surface area contributed by atoms with Crippen LogP contribution in [0.1, 0.15) is 12.8 Å². The van der Waals surface area contributed by atoms with Crippen LogP contribution in [0.2, 0.25) is 0 Å². The zero-order chi connectivity index (χ0) is 7.11. The third-order valence-electron chi connectivity index (χ3n) is 0.679. The molecule has 0 radical (unpaired) electrons. The molecule has 0 aliphatic rings. The zero-order valence-corrected chi connectivity index (χ0v) is 5.63. The van der Waals surface area contributed by atoms with Crippen molar-refractivity contribution in [3.05, 3.63) is 0 Å². The Kier molecular flexibility index (Phi) is 5.37. The molecule has 0 aromatic carbocycles. The summed E-state index contributed by atoms with van der Waals surface area (Å²) < 4.78 is 13.9. The molecule has 9 heavy (non-hydrogen) atoms. The molecule has 0 unspecified atom stereocenters. The largest absolute Gasteiger partial charge is 0.481 e. The van der Waals surface area contributed by atoms with Gasteiger partial charge in [-0.3, -0.25) is 9.32 Å². The minimum Gasteiger partial charge on any atom is -0.481 e. The molecule has 0 aliphatic heterocycles. The molecule has 52 valence electrons. The Morgan fingerprint density at radius 1 is 1.67 bits per heavy atom. The standard InChI is InChI=1S/C4H7O4P/c5-4(6)2-1-3-8-9-7/h1-3H2,(H,5,6). The van der Waals surface area contributed by atoms with E-state index in [4.69, 9.17) is 5.11 Å². The van der Waals surface area contributed by atoms with E-state index in [1.54, 1.807) is 0 Å². The highest BCUT2D eigenvalue weighted by atomic mass is 31.1. The maximum Gasteiger partial charge on any atom is 0.327 e. The summed E-state index contributed by atoms with van der Waals surface area (Å²) in [6, 6.07) is 0. The third kappa shape index (κ3) is 7.53. The third-order valence-corrected chi connectivity index (χ3v) is 0.967. The molecule has 0 aromatic rings. The van der Waals surface area contributed by atoms with Crippen LogP contribution in [0.15, 0.2) is 0 Å². The lowest BCUT2D eigenvalue weighted by molar-refractivity contribution is -0.137. The predicted octanol–water partition coefficient (Wildman–Crippen LogP) is 1.07. The van der Waals surface area contributed by atoms with E-state index in [0.717, 1.165) is 0 Å². The number of carboxylic acids is 1. The average molecular weight is 150 g/mol. The maximum absolute atomic E-state index is 9.83. The fourth-order valence-electron chi connectivity index (χ4n) is 0.325. The number of carbonyl (C=O) groups is 1. The van der Waals surface area contributed by atoms with E-state index < -0.39 is 5.97 Å². The maximum atomic E-state index is 9.83. The fraction of sp³-hybridized carbons (Fsp3) is 0.750. The van der Waals surface area contributed by atoms with Gasteiger partial charge in [-0.15, -0.1) is 0 Å². The van der Waals surface area contributed by atoms with Crippen LogP contribution in [0, 0.1) is 0 Å². The van der Waals surface area contributed by atoms with E-state index in [2.05, 4.69) is 4.52 Å². The summed E-state index contributed by atoms with van der Waals surface area (Å²) in [7, 11) is -0.386. The van der Waals surface area contributed by atoms with Crippen molar-refractivity contribution >= 4 is 14.7 Å². The molecule has 0 aromatic heterocycles. The number of rotatable bonds is 5. The molecule has 0 fully saturated rings. The summed E-state index contributed by atoms with van der Waals surface area (Å²) >= 11 is 0. The first-order chi connectivity index (χ1) is 4.27. The molecule has 0 saturated carbocycles. The van der Waals surface area contributed by atoms with Crippen molar-refractivity contribution in [1.29, 1.82) is 0 Å². The Morgan fingerprint density at radius 2 is 2.33 bits per heavy atom. The second kappa shape index (κ2) is 5.66. The molecule has 0 rings (SSSR count). The number of carboxylic acid groups (broad SMARTS) is 1. The fourth-order valence-corrected chi connectivity index (χ4v) is 0.529. The highest BCUT2D eigenvalue weighted by Crippen LogP contribution is 1.97. The van der Waals surface area contributed by atoms with Crippen LogP contribution in [-0.4, -0.2) is 17.7 Å². The van der Waals surface area contributed by atoms with Gasteiger partial charge >= 0.3 is 14.7 Å². The highest BCUT2D eigenvalue weighted by Gasteiger charge is 1.94.